The van der Waals surface area contributed by atoms with E-state index in [1.54, 1.807) is 30.5 Å². The Morgan fingerprint density at radius 2 is 2.04 bits per heavy atom. The summed E-state index contributed by atoms with van der Waals surface area (Å²) in [5.74, 6) is 0.185. The van der Waals surface area contributed by atoms with E-state index >= 15 is 0 Å². The van der Waals surface area contributed by atoms with Crippen molar-refractivity contribution in [3.8, 4) is 16.9 Å². The predicted octanol–water partition coefficient (Wildman–Crippen LogP) is 3.98. The summed E-state index contributed by atoms with van der Waals surface area (Å²) in [6.45, 7) is 0.697. The van der Waals surface area contributed by atoms with Crippen LogP contribution in [-0.2, 0) is 16.0 Å². The number of rotatable bonds is 5. The maximum Gasteiger partial charge on any atom is 0.293 e. The van der Waals surface area contributed by atoms with Gasteiger partial charge in [0.25, 0.3) is 6.47 Å². The second-order valence-corrected chi connectivity index (χ2v) is 5.47. The van der Waals surface area contributed by atoms with Gasteiger partial charge in [0.2, 0.25) is 0 Å². The first kappa shape index (κ1) is 15.3. The number of hydrogen-bond acceptors (Lipinski definition) is 4. The average molecular weight is 328 g/mol. The van der Waals surface area contributed by atoms with Gasteiger partial charge in [0.1, 0.15) is 5.75 Å². The van der Waals surface area contributed by atoms with Crippen LogP contribution in [0.25, 0.3) is 22.0 Å². The molecule has 1 N–H and O–H groups in total. The molecule has 4 nitrogen and oxygen atoms in total. The van der Waals surface area contributed by atoms with Crippen molar-refractivity contribution in [1.82, 2.24) is 4.98 Å². The molecule has 0 aliphatic carbocycles. The van der Waals surface area contributed by atoms with Crippen molar-refractivity contribution >= 4 is 29.0 Å². The molecule has 2 aromatic carbocycles. The maximum absolute atomic E-state index is 10.4. The van der Waals surface area contributed by atoms with Crippen molar-refractivity contribution in [1.29, 1.82) is 0 Å². The number of carbonyl (C=O) groups is 1. The van der Waals surface area contributed by atoms with Gasteiger partial charge in [-0.25, -0.2) is 0 Å². The SMILES string of the molecule is O=COCCc1cnc2c(Cl)cccc2c1-c1cccc(O)c1. The molecule has 0 saturated heterocycles. The molecule has 3 rings (SSSR count). The van der Waals surface area contributed by atoms with E-state index in [1.807, 2.05) is 18.2 Å². The number of halogens is 1. The molecule has 0 fully saturated rings. The Hall–Kier alpha value is -2.59. The zero-order valence-corrected chi connectivity index (χ0v) is 13.0. The lowest BCUT2D eigenvalue weighted by Crippen LogP contribution is -2.00. The zero-order chi connectivity index (χ0) is 16.2. The Balaban J connectivity index is 2.22. The third kappa shape index (κ3) is 3.12. The lowest BCUT2D eigenvalue weighted by atomic mass is 9.95. The van der Waals surface area contributed by atoms with Crippen molar-refractivity contribution in [2.45, 2.75) is 6.42 Å². The highest BCUT2D eigenvalue weighted by molar-refractivity contribution is 6.35. The third-order valence-corrected chi connectivity index (χ3v) is 3.92. The number of benzene rings is 2. The van der Waals surface area contributed by atoms with Crippen LogP contribution < -0.4 is 0 Å². The molecule has 5 heteroatoms. The maximum atomic E-state index is 10.4. The smallest absolute Gasteiger partial charge is 0.293 e. The van der Waals surface area contributed by atoms with Crippen LogP contribution in [0.15, 0.2) is 48.7 Å². The minimum atomic E-state index is 0.185. The molecule has 0 unspecified atom stereocenters. The van der Waals surface area contributed by atoms with Crippen LogP contribution in [0.3, 0.4) is 0 Å². The number of carbonyl (C=O) groups excluding carboxylic acids is 1. The Morgan fingerprint density at radius 1 is 1.22 bits per heavy atom. The molecule has 23 heavy (non-hydrogen) atoms. The summed E-state index contributed by atoms with van der Waals surface area (Å²) in [6, 6.07) is 12.6. The van der Waals surface area contributed by atoms with E-state index in [1.165, 1.54) is 0 Å². The summed E-state index contributed by atoms with van der Waals surface area (Å²) in [5.41, 5.74) is 3.42. The van der Waals surface area contributed by atoms with Gasteiger partial charge in [0.05, 0.1) is 17.1 Å². The Morgan fingerprint density at radius 3 is 2.83 bits per heavy atom. The highest BCUT2D eigenvalue weighted by Crippen LogP contribution is 2.35. The Bertz CT molecular complexity index is 864. The number of phenolic OH excluding ortho intramolecular Hbond substituents is 1. The van der Waals surface area contributed by atoms with Gasteiger partial charge < -0.3 is 9.84 Å². The number of phenols is 1. The van der Waals surface area contributed by atoms with E-state index in [0.717, 1.165) is 22.1 Å². The van der Waals surface area contributed by atoms with Gasteiger partial charge in [-0.15, -0.1) is 0 Å². The lowest BCUT2D eigenvalue weighted by molar-refractivity contribution is -0.128. The fourth-order valence-corrected chi connectivity index (χ4v) is 2.86. The fourth-order valence-electron chi connectivity index (χ4n) is 2.64. The fraction of sp³-hybridized carbons (Fsp3) is 0.111. The molecule has 1 heterocycles. The van der Waals surface area contributed by atoms with Crippen LogP contribution >= 0.6 is 11.6 Å². The van der Waals surface area contributed by atoms with Gasteiger partial charge in [-0.1, -0.05) is 35.9 Å². The molecule has 116 valence electrons. The van der Waals surface area contributed by atoms with Crippen molar-refractivity contribution < 1.29 is 14.6 Å². The predicted molar refractivity (Wildman–Crippen MR) is 89.6 cm³/mol. The van der Waals surface area contributed by atoms with E-state index in [9.17, 15) is 9.90 Å². The number of aromatic hydroxyl groups is 1. The molecule has 0 atom stereocenters. The Labute approximate surface area is 138 Å². The molecule has 0 amide bonds. The molecular formula is C18H14ClNO3. The summed E-state index contributed by atoms with van der Waals surface area (Å²) in [5, 5.41) is 11.3. The first-order chi connectivity index (χ1) is 11.2. The second kappa shape index (κ2) is 6.67. The van der Waals surface area contributed by atoms with E-state index < -0.39 is 0 Å². The summed E-state index contributed by atoms with van der Waals surface area (Å²) in [4.78, 5) is 14.8. The van der Waals surface area contributed by atoms with Crippen LogP contribution in [0.2, 0.25) is 5.02 Å². The van der Waals surface area contributed by atoms with E-state index in [2.05, 4.69) is 4.98 Å². The molecule has 0 spiro atoms. The second-order valence-electron chi connectivity index (χ2n) is 5.06. The number of aromatic nitrogens is 1. The number of fused-ring (bicyclic) bond motifs is 1. The van der Waals surface area contributed by atoms with E-state index in [4.69, 9.17) is 16.3 Å². The quantitative estimate of drug-likeness (QED) is 0.569. The van der Waals surface area contributed by atoms with Crippen molar-refractivity contribution in [2.24, 2.45) is 0 Å². The molecule has 0 bridgehead atoms. The van der Waals surface area contributed by atoms with Crippen LogP contribution in [0.1, 0.15) is 5.56 Å². The van der Waals surface area contributed by atoms with Crippen LogP contribution in [0.5, 0.6) is 5.75 Å². The summed E-state index contributed by atoms with van der Waals surface area (Å²) in [7, 11) is 0. The van der Waals surface area contributed by atoms with Gasteiger partial charge in [0.15, 0.2) is 0 Å². The van der Waals surface area contributed by atoms with Gasteiger partial charge in [-0.2, -0.15) is 0 Å². The molecule has 3 aromatic rings. The minimum absolute atomic E-state index is 0.185. The van der Waals surface area contributed by atoms with Gasteiger partial charge in [0, 0.05) is 18.0 Å². The third-order valence-electron chi connectivity index (χ3n) is 3.62. The van der Waals surface area contributed by atoms with Gasteiger partial charge in [-0.3, -0.25) is 9.78 Å². The molecular weight excluding hydrogens is 314 g/mol. The molecule has 0 saturated carbocycles. The molecule has 1 aromatic heterocycles. The molecule has 0 radical (unpaired) electrons. The number of ether oxygens (including phenoxy) is 1. The number of para-hydroxylation sites is 1. The highest BCUT2D eigenvalue weighted by atomic mass is 35.5. The summed E-state index contributed by atoms with van der Waals surface area (Å²) >= 11 is 6.24. The molecule has 0 aliphatic heterocycles. The first-order valence-electron chi connectivity index (χ1n) is 7.11. The van der Waals surface area contributed by atoms with Crippen LogP contribution in [0, 0.1) is 0 Å². The van der Waals surface area contributed by atoms with Crippen LogP contribution in [-0.4, -0.2) is 23.2 Å². The normalized spacial score (nSPS) is 10.7. The van der Waals surface area contributed by atoms with E-state index in [0.29, 0.717) is 23.4 Å². The zero-order valence-electron chi connectivity index (χ0n) is 12.2. The van der Waals surface area contributed by atoms with E-state index in [-0.39, 0.29) is 12.4 Å². The van der Waals surface area contributed by atoms with Crippen molar-refractivity contribution in [2.75, 3.05) is 6.61 Å². The van der Waals surface area contributed by atoms with Crippen molar-refractivity contribution in [3.05, 3.63) is 59.2 Å². The summed E-state index contributed by atoms with van der Waals surface area (Å²) < 4.78 is 4.80. The average Bonchev–Trinajstić information content (AvgIpc) is 2.55. The summed E-state index contributed by atoms with van der Waals surface area (Å²) in [6.07, 6.45) is 2.26. The lowest BCUT2D eigenvalue weighted by Gasteiger charge is -2.13. The van der Waals surface area contributed by atoms with Gasteiger partial charge in [-0.05, 0) is 34.9 Å². The Kier molecular flexibility index (Phi) is 4.44. The van der Waals surface area contributed by atoms with Crippen molar-refractivity contribution in [3.63, 3.8) is 0 Å². The largest absolute Gasteiger partial charge is 0.508 e. The highest BCUT2D eigenvalue weighted by Gasteiger charge is 2.13. The standard InChI is InChI=1S/C18H14ClNO3/c19-16-6-2-5-15-17(12-3-1-4-14(22)9-12)13(7-8-23-11-21)10-20-18(15)16/h1-6,9-11,22H,7-8H2. The minimum Gasteiger partial charge on any atom is -0.508 e. The topological polar surface area (TPSA) is 59.4 Å². The van der Waals surface area contributed by atoms with Gasteiger partial charge >= 0.3 is 0 Å². The number of nitrogens with zero attached hydrogens (tertiary/aromatic N) is 1. The number of hydrogen-bond donors (Lipinski definition) is 1. The monoisotopic (exact) mass is 327 g/mol. The molecule has 0 aliphatic rings. The number of pyridine rings is 1. The van der Waals surface area contributed by atoms with Crippen LogP contribution in [0.4, 0.5) is 0 Å². The first-order valence-corrected chi connectivity index (χ1v) is 7.49.